The van der Waals surface area contributed by atoms with Crippen LogP contribution in [0, 0.1) is 0 Å². The summed E-state index contributed by atoms with van der Waals surface area (Å²) < 4.78 is 1.87. The van der Waals surface area contributed by atoms with Crippen molar-refractivity contribution < 1.29 is 4.79 Å². The van der Waals surface area contributed by atoms with Gasteiger partial charge in [-0.1, -0.05) is 0 Å². The maximum Gasteiger partial charge on any atom is 0.239 e. The number of rotatable bonds is 3. The van der Waals surface area contributed by atoms with Crippen LogP contribution in [0.4, 0.5) is 0 Å². The fraction of sp³-hybridized carbons (Fsp3) is 0.700. The number of carbonyl (C=O) groups excluding carboxylic acids is 1. The molecule has 1 amide bonds. The zero-order valence-electron chi connectivity index (χ0n) is 9.46. The van der Waals surface area contributed by atoms with Gasteiger partial charge in [-0.25, -0.2) is 0 Å². The fourth-order valence-electron chi connectivity index (χ4n) is 1.96. The van der Waals surface area contributed by atoms with Gasteiger partial charge in [0.15, 0.2) is 0 Å². The Morgan fingerprint density at radius 1 is 1.62 bits per heavy atom. The number of nitrogens with two attached hydrogens (primary N) is 1. The van der Waals surface area contributed by atoms with Gasteiger partial charge in [0.25, 0.3) is 0 Å². The molecular weight excluding hydrogens is 206 g/mol. The second kappa shape index (κ2) is 4.61. The van der Waals surface area contributed by atoms with Gasteiger partial charge in [-0.05, 0) is 12.8 Å². The van der Waals surface area contributed by atoms with Crippen molar-refractivity contribution in [1.29, 1.82) is 0 Å². The number of carbonyl (C=O) groups is 1. The van der Waals surface area contributed by atoms with Gasteiger partial charge in [0.05, 0.1) is 6.04 Å². The Morgan fingerprint density at radius 2 is 2.44 bits per heavy atom. The number of amides is 1. The molecule has 2 heterocycles. The number of piperidine rings is 1. The van der Waals surface area contributed by atoms with Crippen LogP contribution in [0.15, 0.2) is 6.33 Å². The summed E-state index contributed by atoms with van der Waals surface area (Å²) in [6, 6.07) is -0.312. The fourth-order valence-corrected chi connectivity index (χ4v) is 1.96. The van der Waals surface area contributed by atoms with Gasteiger partial charge < -0.3 is 15.2 Å². The summed E-state index contributed by atoms with van der Waals surface area (Å²) in [6.45, 7) is 1.49. The lowest BCUT2D eigenvalue weighted by atomic mass is 10.1. The maximum absolute atomic E-state index is 11.7. The molecule has 1 atom stereocenters. The SMILES string of the molecule is Cn1cnnc1CCN1CCCC(N)C1=O. The first-order chi connectivity index (χ1) is 7.68. The molecule has 0 aliphatic carbocycles. The van der Waals surface area contributed by atoms with Crippen LogP contribution in [0.3, 0.4) is 0 Å². The molecule has 1 saturated heterocycles. The van der Waals surface area contributed by atoms with Crippen LogP contribution >= 0.6 is 0 Å². The van der Waals surface area contributed by atoms with Crippen molar-refractivity contribution in [2.24, 2.45) is 12.8 Å². The molecule has 1 aliphatic heterocycles. The van der Waals surface area contributed by atoms with Crippen molar-refractivity contribution in [3.8, 4) is 0 Å². The van der Waals surface area contributed by atoms with Crippen LogP contribution < -0.4 is 5.73 Å². The zero-order chi connectivity index (χ0) is 11.5. The third-order valence-electron chi connectivity index (χ3n) is 2.98. The van der Waals surface area contributed by atoms with E-state index in [2.05, 4.69) is 10.2 Å². The average molecular weight is 223 g/mol. The Balaban J connectivity index is 1.90. The Hall–Kier alpha value is -1.43. The van der Waals surface area contributed by atoms with Crippen LogP contribution in [0.25, 0.3) is 0 Å². The molecule has 6 nitrogen and oxygen atoms in total. The number of aromatic nitrogens is 3. The van der Waals surface area contributed by atoms with Gasteiger partial charge in [-0.3, -0.25) is 4.79 Å². The molecule has 0 bridgehead atoms. The van der Waals surface area contributed by atoms with Gasteiger partial charge in [-0.2, -0.15) is 0 Å². The molecule has 16 heavy (non-hydrogen) atoms. The number of aryl methyl sites for hydroxylation is 1. The maximum atomic E-state index is 11.7. The van der Waals surface area contributed by atoms with E-state index < -0.39 is 0 Å². The Labute approximate surface area is 94.4 Å². The molecule has 1 fully saturated rings. The minimum Gasteiger partial charge on any atom is -0.341 e. The molecule has 2 N–H and O–H groups in total. The quantitative estimate of drug-likeness (QED) is 0.735. The third kappa shape index (κ3) is 2.21. The Kier molecular flexibility index (Phi) is 3.19. The summed E-state index contributed by atoms with van der Waals surface area (Å²) in [5.41, 5.74) is 5.72. The normalized spacial score (nSPS) is 21.5. The first-order valence-electron chi connectivity index (χ1n) is 5.55. The molecule has 0 saturated carbocycles. The van der Waals surface area contributed by atoms with Crippen molar-refractivity contribution in [1.82, 2.24) is 19.7 Å². The molecule has 88 valence electrons. The summed E-state index contributed by atoms with van der Waals surface area (Å²) in [5, 5.41) is 7.79. The Morgan fingerprint density at radius 3 is 3.12 bits per heavy atom. The van der Waals surface area contributed by atoms with Crippen LogP contribution in [-0.4, -0.2) is 44.7 Å². The monoisotopic (exact) mass is 223 g/mol. The van der Waals surface area contributed by atoms with E-state index in [9.17, 15) is 4.79 Å². The smallest absolute Gasteiger partial charge is 0.239 e. The van der Waals surface area contributed by atoms with E-state index in [1.165, 1.54) is 0 Å². The standard InChI is InChI=1S/C10H17N5O/c1-14-7-12-13-9(14)4-6-15-5-2-3-8(11)10(15)16/h7-8H,2-6,11H2,1H3. The largest absolute Gasteiger partial charge is 0.341 e. The summed E-state index contributed by atoms with van der Waals surface area (Å²) in [4.78, 5) is 13.6. The van der Waals surface area contributed by atoms with Gasteiger partial charge in [-0.15, -0.1) is 10.2 Å². The van der Waals surface area contributed by atoms with Crippen molar-refractivity contribution >= 4 is 5.91 Å². The minimum atomic E-state index is -0.312. The molecule has 0 radical (unpaired) electrons. The van der Waals surface area contributed by atoms with E-state index in [0.29, 0.717) is 6.54 Å². The highest BCUT2D eigenvalue weighted by atomic mass is 16.2. The molecule has 2 rings (SSSR count). The number of hydrogen-bond acceptors (Lipinski definition) is 4. The van der Waals surface area contributed by atoms with Crippen molar-refractivity contribution in [2.75, 3.05) is 13.1 Å². The number of nitrogens with zero attached hydrogens (tertiary/aromatic N) is 4. The highest BCUT2D eigenvalue weighted by Crippen LogP contribution is 2.10. The highest BCUT2D eigenvalue weighted by molar-refractivity contribution is 5.82. The number of hydrogen-bond donors (Lipinski definition) is 1. The van der Waals surface area contributed by atoms with E-state index in [1.807, 2.05) is 16.5 Å². The van der Waals surface area contributed by atoms with Crippen LogP contribution in [0.1, 0.15) is 18.7 Å². The van der Waals surface area contributed by atoms with Crippen LogP contribution in [0.5, 0.6) is 0 Å². The lowest BCUT2D eigenvalue weighted by molar-refractivity contribution is -0.134. The average Bonchev–Trinajstić information content (AvgIpc) is 2.67. The van der Waals surface area contributed by atoms with Crippen LogP contribution in [-0.2, 0) is 18.3 Å². The van der Waals surface area contributed by atoms with Gasteiger partial charge in [0.1, 0.15) is 12.2 Å². The second-order valence-corrected chi connectivity index (χ2v) is 4.18. The summed E-state index contributed by atoms with van der Waals surface area (Å²) in [7, 11) is 1.90. The second-order valence-electron chi connectivity index (χ2n) is 4.18. The van der Waals surface area contributed by atoms with E-state index in [4.69, 9.17) is 5.73 Å². The molecule has 1 aliphatic rings. The molecule has 0 aromatic carbocycles. The molecular formula is C10H17N5O. The minimum absolute atomic E-state index is 0.0634. The van der Waals surface area contributed by atoms with Gasteiger partial charge in [0.2, 0.25) is 5.91 Å². The van der Waals surface area contributed by atoms with Crippen molar-refractivity contribution in [2.45, 2.75) is 25.3 Å². The van der Waals surface area contributed by atoms with Crippen LogP contribution in [0.2, 0.25) is 0 Å². The lowest BCUT2D eigenvalue weighted by Gasteiger charge is -2.30. The topological polar surface area (TPSA) is 77.0 Å². The van der Waals surface area contributed by atoms with E-state index >= 15 is 0 Å². The lowest BCUT2D eigenvalue weighted by Crippen LogP contribution is -2.48. The van der Waals surface area contributed by atoms with Gasteiger partial charge >= 0.3 is 0 Å². The molecule has 1 aromatic rings. The predicted molar refractivity (Wildman–Crippen MR) is 58.5 cm³/mol. The molecule has 1 aromatic heterocycles. The Bertz CT molecular complexity index is 375. The molecule has 1 unspecified atom stereocenters. The summed E-state index contributed by atoms with van der Waals surface area (Å²) >= 11 is 0. The first kappa shape index (κ1) is 11.1. The van der Waals surface area contributed by atoms with E-state index in [-0.39, 0.29) is 11.9 Å². The first-order valence-corrected chi connectivity index (χ1v) is 5.55. The van der Waals surface area contributed by atoms with Crippen molar-refractivity contribution in [3.05, 3.63) is 12.2 Å². The van der Waals surface area contributed by atoms with E-state index in [0.717, 1.165) is 31.6 Å². The zero-order valence-corrected chi connectivity index (χ0v) is 9.46. The molecule has 6 heteroatoms. The summed E-state index contributed by atoms with van der Waals surface area (Å²) in [5.74, 6) is 0.959. The van der Waals surface area contributed by atoms with E-state index in [1.54, 1.807) is 6.33 Å². The number of likely N-dealkylation sites (tertiary alicyclic amines) is 1. The predicted octanol–water partition coefficient (Wildman–Crippen LogP) is -0.693. The highest BCUT2D eigenvalue weighted by Gasteiger charge is 2.25. The van der Waals surface area contributed by atoms with Gasteiger partial charge in [0, 0.05) is 26.6 Å². The third-order valence-corrected chi connectivity index (χ3v) is 2.98. The molecule has 0 spiro atoms. The summed E-state index contributed by atoms with van der Waals surface area (Å²) in [6.07, 6.45) is 4.19. The van der Waals surface area contributed by atoms with Crippen molar-refractivity contribution in [3.63, 3.8) is 0 Å².